The molecule has 0 unspecified atom stereocenters. The minimum atomic E-state index is -3.75. The van der Waals surface area contributed by atoms with E-state index in [4.69, 9.17) is 37.3 Å². The molecule has 11 nitrogen and oxygen atoms in total. The van der Waals surface area contributed by atoms with Crippen molar-refractivity contribution >= 4 is 16.4 Å². The smallest absolute Gasteiger partial charge is 0.297 e. The molecule has 0 aromatic heterocycles. The Morgan fingerprint density at radius 3 is 1.36 bits per heavy atom. The van der Waals surface area contributed by atoms with E-state index < -0.39 is 10.1 Å². The standard InChI is InChI=1S/C27H38O11S/c28-24-25-6-8-26(9-7-25)37-22-20-35-18-16-33-14-12-31-10-11-32-13-15-34-17-19-36-21-23-38-39(29,30)27-4-2-1-3-5-27/h1-9,24H,10-23H2. The van der Waals surface area contributed by atoms with E-state index in [2.05, 4.69) is 0 Å². The Morgan fingerprint density at radius 2 is 0.923 bits per heavy atom. The SMILES string of the molecule is O=Cc1ccc(OCCOCCOCCOCCOCCOCCOCCOS(=O)(=O)c2ccccc2)cc1. The Kier molecular flexibility index (Phi) is 18.0. The molecule has 0 amide bonds. The molecule has 0 atom stereocenters. The van der Waals surface area contributed by atoms with Gasteiger partial charge in [-0.05, 0) is 36.4 Å². The van der Waals surface area contributed by atoms with Crippen molar-refractivity contribution in [3.8, 4) is 5.75 Å². The van der Waals surface area contributed by atoms with Gasteiger partial charge in [0.1, 0.15) is 18.6 Å². The van der Waals surface area contributed by atoms with Crippen molar-refractivity contribution in [2.75, 3.05) is 92.5 Å². The van der Waals surface area contributed by atoms with E-state index in [1.807, 2.05) is 0 Å². The van der Waals surface area contributed by atoms with Gasteiger partial charge in [0, 0.05) is 5.56 Å². The highest BCUT2D eigenvalue weighted by molar-refractivity contribution is 7.86. The lowest BCUT2D eigenvalue weighted by atomic mass is 10.2. The normalized spacial score (nSPS) is 11.5. The maximum Gasteiger partial charge on any atom is 0.297 e. The van der Waals surface area contributed by atoms with Crippen molar-refractivity contribution in [3.05, 3.63) is 60.2 Å². The molecule has 0 saturated carbocycles. The molecule has 2 aromatic carbocycles. The Labute approximate surface area is 230 Å². The lowest BCUT2D eigenvalue weighted by Crippen LogP contribution is -2.15. The summed E-state index contributed by atoms with van der Waals surface area (Å²) in [4.78, 5) is 10.7. The third-order valence-electron chi connectivity index (χ3n) is 4.87. The first-order chi connectivity index (χ1) is 19.1. The topological polar surface area (TPSA) is 125 Å². The van der Waals surface area contributed by atoms with Crippen LogP contribution in [0.1, 0.15) is 10.4 Å². The molecule has 0 N–H and O–H groups in total. The molecule has 218 valence electrons. The summed E-state index contributed by atoms with van der Waals surface area (Å²) in [5.41, 5.74) is 0.609. The molecule has 0 fully saturated rings. The Morgan fingerprint density at radius 1 is 0.513 bits per heavy atom. The van der Waals surface area contributed by atoms with Crippen LogP contribution in [0, 0.1) is 0 Å². The van der Waals surface area contributed by atoms with Crippen LogP contribution in [0.4, 0.5) is 0 Å². The summed E-state index contributed by atoms with van der Waals surface area (Å²) in [7, 11) is -3.75. The molecular formula is C27H38O11S. The van der Waals surface area contributed by atoms with Crippen LogP contribution in [0.2, 0.25) is 0 Å². The van der Waals surface area contributed by atoms with Crippen LogP contribution < -0.4 is 4.74 Å². The summed E-state index contributed by atoms with van der Waals surface area (Å²) in [5, 5.41) is 0. The van der Waals surface area contributed by atoms with E-state index in [-0.39, 0.29) is 18.1 Å². The van der Waals surface area contributed by atoms with Crippen LogP contribution >= 0.6 is 0 Å². The lowest BCUT2D eigenvalue weighted by molar-refractivity contribution is -0.0186. The fourth-order valence-corrected chi connectivity index (χ4v) is 3.83. The molecule has 0 saturated heterocycles. The van der Waals surface area contributed by atoms with Crippen molar-refractivity contribution in [2.24, 2.45) is 0 Å². The highest BCUT2D eigenvalue weighted by Crippen LogP contribution is 2.11. The van der Waals surface area contributed by atoms with E-state index in [1.54, 1.807) is 42.5 Å². The predicted octanol–water partition coefficient (Wildman–Crippen LogP) is 2.38. The fourth-order valence-electron chi connectivity index (χ4n) is 2.92. The molecule has 0 spiro atoms. The minimum absolute atomic E-state index is 0.0596. The van der Waals surface area contributed by atoms with Gasteiger partial charge in [-0.15, -0.1) is 0 Å². The largest absolute Gasteiger partial charge is 0.491 e. The summed E-state index contributed by atoms with van der Waals surface area (Å²) in [5.74, 6) is 0.693. The van der Waals surface area contributed by atoms with Crippen LogP contribution in [-0.4, -0.2) is 107 Å². The number of carbonyl (C=O) groups is 1. The van der Waals surface area contributed by atoms with Gasteiger partial charge in [0.2, 0.25) is 0 Å². The van der Waals surface area contributed by atoms with E-state index in [0.717, 1.165) is 6.29 Å². The zero-order valence-corrected chi connectivity index (χ0v) is 22.9. The maximum absolute atomic E-state index is 11.9. The molecule has 0 radical (unpaired) electrons. The van der Waals surface area contributed by atoms with Crippen molar-refractivity contribution in [1.82, 2.24) is 0 Å². The van der Waals surface area contributed by atoms with Gasteiger partial charge in [-0.25, -0.2) is 0 Å². The van der Waals surface area contributed by atoms with Crippen LogP contribution in [0.15, 0.2) is 59.5 Å². The molecule has 12 heteroatoms. The zero-order chi connectivity index (χ0) is 27.9. The summed E-state index contributed by atoms with van der Waals surface area (Å²) in [6.45, 7) is 5.28. The molecule has 2 aromatic rings. The highest BCUT2D eigenvalue weighted by Gasteiger charge is 2.13. The first kappa shape index (κ1) is 32.8. The van der Waals surface area contributed by atoms with Crippen LogP contribution in [0.25, 0.3) is 0 Å². The monoisotopic (exact) mass is 570 g/mol. The van der Waals surface area contributed by atoms with Crippen molar-refractivity contribution in [3.63, 3.8) is 0 Å². The Bertz CT molecular complexity index is 969. The molecule has 39 heavy (non-hydrogen) atoms. The first-order valence-corrected chi connectivity index (χ1v) is 14.1. The molecule has 0 aliphatic heterocycles. The molecule has 0 bridgehead atoms. The van der Waals surface area contributed by atoms with Gasteiger partial charge in [-0.2, -0.15) is 8.42 Å². The highest BCUT2D eigenvalue weighted by atomic mass is 32.2. The second kappa shape index (κ2) is 21.4. The van der Waals surface area contributed by atoms with E-state index in [9.17, 15) is 13.2 Å². The van der Waals surface area contributed by atoms with Gasteiger partial charge in [0.15, 0.2) is 0 Å². The molecule has 0 heterocycles. The molecule has 0 aliphatic carbocycles. The average Bonchev–Trinajstić information content (AvgIpc) is 2.96. The van der Waals surface area contributed by atoms with Gasteiger partial charge in [0.05, 0.1) is 90.8 Å². The van der Waals surface area contributed by atoms with Crippen LogP contribution in [-0.2, 0) is 42.7 Å². The summed E-state index contributed by atoms with van der Waals surface area (Å²) in [6, 6.07) is 14.9. The second-order valence-corrected chi connectivity index (χ2v) is 9.41. The number of aldehydes is 1. The van der Waals surface area contributed by atoms with Gasteiger partial charge in [-0.1, -0.05) is 18.2 Å². The fraction of sp³-hybridized carbons (Fsp3) is 0.519. The summed E-state index contributed by atoms with van der Waals surface area (Å²) >= 11 is 0. The zero-order valence-electron chi connectivity index (χ0n) is 22.1. The third-order valence-corrected chi connectivity index (χ3v) is 6.20. The van der Waals surface area contributed by atoms with E-state index in [0.29, 0.717) is 90.6 Å². The van der Waals surface area contributed by atoms with Gasteiger partial charge < -0.3 is 33.2 Å². The molecule has 0 aliphatic rings. The maximum atomic E-state index is 11.9. The predicted molar refractivity (Wildman–Crippen MR) is 142 cm³/mol. The van der Waals surface area contributed by atoms with Gasteiger partial charge in [-0.3, -0.25) is 8.98 Å². The average molecular weight is 571 g/mol. The Balaban J connectivity index is 1.24. The number of hydrogen-bond donors (Lipinski definition) is 0. The molecule has 2 rings (SSSR count). The summed E-state index contributed by atoms with van der Waals surface area (Å²) in [6.07, 6.45) is 0.789. The van der Waals surface area contributed by atoms with E-state index >= 15 is 0 Å². The quantitative estimate of drug-likeness (QED) is 0.0992. The number of rotatable bonds is 25. The first-order valence-electron chi connectivity index (χ1n) is 12.7. The number of hydrogen-bond acceptors (Lipinski definition) is 11. The Hall–Kier alpha value is -2.42. The number of ether oxygens (including phenoxy) is 7. The minimum Gasteiger partial charge on any atom is -0.491 e. The van der Waals surface area contributed by atoms with Crippen LogP contribution in [0.3, 0.4) is 0 Å². The third kappa shape index (κ3) is 16.3. The van der Waals surface area contributed by atoms with Gasteiger partial charge >= 0.3 is 0 Å². The van der Waals surface area contributed by atoms with Crippen molar-refractivity contribution < 1.29 is 50.6 Å². The second-order valence-electron chi connectivity index (χ2n) is 7.80. The number of carbonyl (C=O) groups excluding carboxylic acids is 1. The summed E-state index contributed by atoms with van der Waals surface area (Å²) < 4.78 is 66.7. The van der Waals surface area contributed by atoms with Gasteiger partial charge in [0.25, 0.3) is 10.1 Å². The molecular weight excluding hydrogens is 532 g/mol. The van der Waals surface area contributed by atoms with Crippen molar-refractivity contribution in [2.45, 2.75) is 4.90 Å². The van der Waals surface area contributed by atoms with E-state index in [1.165, 1.54) is 12.1 Å². The van der Waals surface area contributed by atoms with Crippen molar-refractivity contribution in [1.29, 1.82) is 0 Å². The number of benzene rings is 2. The lowest BCUT2D eigenvalue weighted by Gasteiger charge is -2.09. The van der Waals surface area contributed by atoms with Crippen LogP contribution in [0.5, 0.6) is 5.75 Å².